The first-order chi connectivity index (χ1) is 7.09. The molecule has 4 heteroatoms. The molecule has 0 saturated heterocycles. The number of carbonyl (C=O) groups is 1. The van der Waals surface area contributed by atoms with Crippen molar-refractivity contribution in [1.82, 2.24) is 0 Å². The minimum absolute atomic E-state index is 0.325. The van der Waals surface area contributed by atoms with E-state index in [4.69, 9.17) is 10.5 Å². The van der Waals surface area contributed by atoms with Gasteiger partial charge in [0.05, 0.1) is 0 Å². The van der Waals surface area contributed by atoms with Crippen LogP contribution in [0.5, 0.6) is 0 Å². The summed E-state index contributed by atoms with van der Waals surface area (Å²) in [6.07, 6.45) is 3.12. The molecule has 0 unspecified atom stereocenters. The van der Waals surface area contributed by atoms with E-state index in [1.54, 1.807) is 12.1 Å². The lowest BCUT2D eigenvalue weighted by molar-refractivity contribution is -0.129. The minimum Gasteiger partial charge on any atom is -0.477 e. The molecule has 1 aromatic rings. The zero-order chi connectivity index (χ0) is 11.3. The van der Waals surface area contributed by atoms with Crippen LogP contribution in [0.2, 0.25) is 0 Å². The maximum atomic E-state index is 12.7. The highest BCUT2D eigenvalue weighted by Gasteiger charge is 2.00. The highest BCUT2D eigenvalue weighted by atomic mass is 19.1. The van der Waals surface area contributed by atoms with Crippen LogP contribution in [0.4, 0.5) is 4.39 Å². The summed E-state index contributed by atoms with van der Waals surface area (Å²) in [5, 5.41) is 15.4. The van der Waals surface area contributed by atoms with E-state index in [0.29, 0.717) is 6.42 Å². The van der Waals surface area contributed by atoms with Crippen molar-refractivity contribution in [3.63, 3.8) is 0 Å². The van der Waals surface area contributed by atoms with E-state index in [1.807, 2.05) is 0 Å². The van der Waals surface area contributed by atoms with Crippen LogP contribution in [0.15, 0.2) is 36.4 Å². The topological polar surface area (TPSA) is 61.2 Å². The van der Waals surface area contributed by atoms with Gasteiger partial charge in [0.1, 0.15) is 11.5 Å². The molecule has 0 atom stereocenters. The summed E-state index contributed by atoms with van der Waals surface area (Å²) >= 11 is 0. The zero-order valence-electron chi connectivity index (χ0n) is 7.90. The molecule has 3 nitrogen and oxygen atoms in total. The molecule has 0 aliphatic rings. The molecule has 15 heavy (non-hydrogen) atoms. The van der Waals surface area contributed by atoms with Crippen LogP contribution in [0, 0.1) is 11.2 Å². The number of halogens is 1. The summed E-state index contributed by atoms with van der Waals surface area (Å²) in [7, 11) is 0. The number of benzene rings is 1. The fourth-order valence-electron chi connectivity index (χ4n) is 1.05. The standard InChI is InChI=1S/C11H10FNO2/c12-9-5-1-3-8(7-9)4-2-6-10(13)11(14)15/h1-3,5-7,13H,4H2,(H,14,15)/b6-2+,13-10?. The summed E-state index contributed by atoms with van der Waals surface area (Å²) in [5.74, 6) is -1.60. The normalized spacial score (nSPS) is 10.5. The third kappa shape index (κ3) is 3.72. The average Bonchev–Trinajstić information content (AvgIpc) is 2.17. The van der Waals surface area contributed by atoms with Crippen molar-refractivity contribution in [3.8, 4) is 0 Å². The number of aliphatic carboxylic acids is 1. The predicted octanol–water partition coefficient (Wildman–Crippen LogP) is 2.03. The van der Waals surface area contributed by atoms with Gasteiger partial charge in [-0.1, -0.05) is 18.2 Å². The van der Waals surface area contributed by atoms with Gasteiger partial charge in [-0.05, 0) is 30.2 Å². The second-order valence-electron chi connectivity index (χ2n) is 2.96. The van der Waals surface area contributed by atoms with Gasteiger partial charge in [0, 0.05) is 0 Å². The van der Waals surface area contributed by atoms with E-state index < -0.39 is 11.7 Å². The van der Waals surface area contributed by atoms with Crippen LogP contribution >= 0.6 is 0 Å². The van der Waals surface area contributed by atoms with Crippen LogP contribution in [-0.4, -0.2) is 16.8 Å². The highest BCUT2D eigenvalue weighted by Crippen LogP contribution is 2.04. The van der Waals surface area contributed by atoms with Gasteiger partial charge in [0.15, 0.2) is 0 Å². The third-order valence-corrected chi connectivity index (χ3v) is 1.76. The van der Waals surface area contributed by atoms with E-state index in [2.05, 4.69) is 0 Å². The summed E-state index contributed by atoms with van der Waals surface area (Å²) in [4.78, 5) is 10.3. The molecule has 0 spiro atoms. The predicted molar refractivity (Wildman–Crippen MR) is 54.6 cm³/mol. The summed E-state index contributed by atoms with van der Waals surface area (Å²) in [6.45, 7) is 0. The minimum atomic E-state index is -1.27. The number of carboxylic acid groups (broad SMARTS) is 1. The number of rotatable bonds is 4. The maximum absolute atomic E-state index is 12.7. The third-order valence-electron chi connectivity index (χ3n) is 1.76. The molecule has 2 N–H and O–H groups in total. The van der Waals surface area contributed by atoms with Crippen LogP contribution in [0.25, 0.3) is 0 Å². The van der Waals surface area contributed by atoms with Gasteiger partial charge < -0.3 is 5.11 Å². The first-order valence-corrected chi connectivity index (χ1v) is 4.32. The molecular formula is C11H10FNO2. The molecule has 0 bridgehead atoms. The van der Waals surface area contributed by atoms with Crippen molar-refractivity contribution in [2.45, 2.75) is 6.42 Å². The molecule has 0 fully saturated rings. The van der Waals surface area contributed by atoms with Crippen LogP contribution in [0.3, 0.4) is 0 Å². The Kier molecular flexibility index (Phi) is 3.74. The molecule has 0 heterocycles. The second-order valence-corrected chi connectivity index (χ2v) is 2.96. The van der Waals surface area contributed by atoms with E-state index in [0.717, 1.165) is 5.56 Å². The molecule has 0 radical (unpaired) electrons. The fraction of sp³-hybridized carbons (Fsp3) is 0.0909. The van der Waals surface area contributed by atoms with Gasteiger partial charge in [0.2, 0.25) is 0 Å². The monoisotopic (exact) mass is 207 g/mol. The first-order valence-electron chi connectivity index (χ1n) is 4.32. The average molecular weight is 207 g/mol. The number of hydrogen-bond acceptors (Lipinski definition) is 2. The molecule has 0 aliphatic carbocycles. The van der Waals surface area contributed by atoms with E-state index in [9.17, 15) is 9.18 Å². The Bertz CT molecular complexity index is 413. The Labute approximate surface area is 86.4 Å². The number of carboxylic acids is 1. The largest absolute Gasteiger partial charge is 0.477 e. The van der Waals surface area contributed by atoms with Gasteiger partial charge >= 0.3 is 5.97 Å². The Hall–Kier alpha value is -1.97. The first kappa shape index (κ1) is 11.1. The van der Waals surface area contributed by atoms with Gasteiger partial charge in [-0.25, -0.2) is 9.18 Å². The Morgan fingerprint density at radius 2 is 2.27 bits per heavy atom. The summed E-state index contributed by atoms with van der Waals surface area (Å²) in [5.41, 5.74) is 0.260. The van der Waals surface area contributed by atoms with E-state index in [1.165, 1.54) is 24.3 Å². The highest BCUT2D eigenvalue weighted by molar-refractivity contribution is 6.38. The molecule has 1 aromatic carbocycles. The van der Waals surface area contributed by atoms with Crippen molar-refractivity contribution < 1.29 is 14.3 Å². The van der Waals surface area contributed by atoms with Gasteiger partial charge in [-0.15, -0.1) is 0 Å². The molecule has 78 valence electrons. The molecule has 0 amide bonds. The molecule has 0 saturated carbocycles. The maximum Gasteiger partial charge on any atom is 0.353 e. The fourth-order valence-corrected chi connectivity index (χ4v) is 1.05. The summed E-state index contributed by atoms with van der Waals surface area (Å²) < 4.78 is 12.7. The lowest BCUT2D eigenvalue weighted by atomic mass is 10.1. The van der Waals surface area contributed by atoms with Crippen molar-refractivity contribution in [2.24, 2.45) is 0 Å². The zero-order valence-corrected chi connectivity index (χ0v) is 7.90. The SMILES string of the molecule is N=C(/C=C/Cc1cccc(F)c1)C(=O)O. The number of nitrogens with one attached hydrogen (secondary N) is 1. The Balaban J connectivity index is 2.57. The van der Waals surface area contributed by atoms with E-state index in [-0.39, 0.29) is 5.82 Å². The van der Waals surface area contributed by atoms with Crippen LogP contribution < -0.4 is 0 Å². The van der Waals surface area contributed by atoms with E-state index >= 15 is 0 Å². The Morgan fingerprint density at radius 1 is 1.53 bits per heavy atom. The molecular weight excluding hydrogens is 197 g/mol. The Morgan fingerprint density at radius 3 is 2.87 bits per heavy atom. The van der Waals surface area contributed by atoms with Gasteiger partial charge in [0.25, 0.3) is 0 Å². The summed E-state index contributed by atoms with van der Waals surface area (Å²) in [6, 6.07) is 6.03. The lowest BCUT2D eigenvalue weighted by Gasteiger charge is -1.95. The lowest BCUT2D eigenvalue weighted by Crippen LogP contribution is -2.07. The van der Waals surface area contributed by atoms with Gasteiger partial charge in [-0.2, -0.15) is 0 Å². The molecule has 1 rings (SSSR count). The van der Waals surface area contributed by atoms with Crippen molar-refractivity contribution in [1.29, 1.82) is 5.41 Å². The number of allylic oxidation sites excluding steroid dienone is 1. The quantitative estimate of drug-likeness (QED) is 0.742. The molecule has 0 aromatic heterocycles. The van der Waals surface area contributed by atoms with Gasteiger partial charge in [-0.3, -0.25) is 5.41 Å². The second kappa shape index (κ2) is 5.05. The van der Waals surface area contributed by atoms with Crippen molar-refractivity contribution in [2.75, 3.05) is 0 Å². The smallest absolute Gasteiger partial charge is 0.353 e. The van der Waals surface area contributed by atoms with Crippen molar-refractivity contribution >= 4 is 11.7 Å². The van der Waals surface area contributed by atoms with Crippen molar-refractivity contribution in [3.05, 3.63) is 47.8 Å². The van der Waals surface area contributed by atoms with Crippen LogP contribution in [0.1, 0.15) is 5.56 Å². The number of hydrogen-bond donors (Lipinski definition) is 2. The molecule has 0 aliphatic heterocycles. The van der Waals surface area contributed by atoms with Crippen LogP contribution in [-0.2, 0) is 11.2 Å².